The normalized spacial score (nSPS) is 10.2. The third-order valence-electron chi connectivity index (χ3n) is 2.58. The van der Waals surface area contributed by atoms with Crippen LogP contribution >= 0.6 is 15.9 Å². The Bertz CT molecular complexity index is 452. The highest BCUT2D eigenvalue weighted by atomic mass is 79.9. The Morgan fingerprint density at radius 3 is 2.70 bits per heavy atom. The summed E-state index contributed by atoms with van der Waals surface area (Å²) in [6.07, 6.45) is 0. The van der Waals surface area contributed by atoms with Crippen molar-refractivity contribution in [2.45, 2.75) is 20.4 Å². The summed E-state index contributed by atoms with van der Waals surface area (Å²) < 4.78 is 11.8. The van der Waals surface area contributed by atoms with Crippen molar-refractivity contribution in [2.24, 2.45) is 0 Å². The van der Waals surface area contributed by atoms with Crippen LogP contribution in [0.25, 0.3) is 0 Å². The molecule has 0 atom stereocenters. The highest BCUT2D eigenvalue weighted by molar-refractivity contribution is 9.10. The van der Waals surface area contributed by atoms with Gasteiger partial charge in [-0.2, -0.15) is 0 Å². The molecule has 0 aliphatic rings. The number of hydrogen-bond donors (Lipinski definition) is 2. The standard InChI is InChI=1S/C14H21BrN2O3/c1-4-20-14-12(15)7-11(8-13(14)19-3)9-16-5-6-17-10(2)18/h7-8,16H,4-6,9H2,1-3H3,(H,17,18). The van der Waals surface area contributed by atoms with Crippen LogP contribution in [-0.2, 0) is 11.3 Å². The summed E-state index contributed by atoms with van der Waals surface area (Å²) in [6, 6.07) is 3.94. The van der Waals surface area contributed by atoms with E-state index in [0.29, 0.717) is 32.0 Å². The molecule has 1 aromatic carbocycles. The number of carbonyl (C=O) groups is 1. The van der Waals surface area contributed by atoms with Gasteiger partial charge >= 0.3 is 0 Å². The van der Waals surface area contributed by atoms with E-state index in [4.69, 9.17) is 9.47 Å². The first-order chi connectivity index (χ1) is 9.58. The Hall–Kier alpha value is -1.27. The van der Waals surface area contributed by atoms with Crippen molar-refractivity contribution < 1.29 is 14.3 Å². The largest absolute Gasteiger partial charge is 0.493 e. The molecule has 112 valence electrons. The van der Waals surface area contributed by atoms with E-state index in [0.717, 1.165) is 15.8 Å². The fourth-order valence-electron chi connectivity index (χ4n) is 1.72. The van der Waals surface area contributed by atoms with Crippen molar-refractivity contribution >= 4 is 21.8 Å². The molecule has 20 heavy (non-hydrogen) atoms. The molecule has 0 aromatic heterocycles. The predicted molar refractivity (Wildman–Crippen MR) is 82.3 cm³/mol. The fraction of sp³-hybridized carbons (Fsp3) is 0.500. The maximum Gasteiger partial charge on any atom is 0.216 e. The van der Waals surface area contributed by atoms with Gasteiger partial charge in [0, 0.05) is 26.6 Å². The van der Waals surface area contributed by atoms with Crippen LogP contribution in [0.15, 0.2) is 16.6 Å². The monoisotopic (exact) mass is 344 g/mol. The number of carbonyl (C=O) groups excluding carboxylic acids is 1. The van der Waals surface area contributed by atoms with Crippen molar-refractivity contribution in [1.29, 1.82) is 0 Å². The Balaban J connectivity index is 2.58. The number of rotatable bonds is 8. The maximum absolute atomic E-state index is 10.7. The quantitative estimate of drug-likeness (QED) is 0.709. The van der Waals surface area contributed by atoms with Crippen LogP contribution in [0, 0.1) is 0 Å². The topological polar surface area (TPSA) is 59.6 Å². The van der Waals surface area contributed by atoms with E-state index in [-0.39, 0.29) is 5.91 Å². The van der Waals surface area contributed by atoms with E-state index in [2.05, 4.69) is 26.6 Å². The Morgan fingerprint density at radius 1 is 1.35 bits per heavy atom. The van der Waals surface area contributed by atoms with Crippen LogP contribution in [0.3, 0.4) is 0 Å². The van der Waals surface area contributed by atoms with Gasteiger partial charge in [0.15, 0.2) is 11.5 Å². The first-order valence-corrected chi connectivity index (χ1v) is 7.32. The molecule has 2 N–H and O–H groups in total. The second kappa shape index (κ2) is 8.81. The molecule has 0 unspecified atom stereocenters. The van der Waals surface area contributed by atoms with Gasteiger partial charge in [-0.1, -0.05) is 0 Å². The molecule has 0 bridgehead atoms. The van der Waals surface area contributed by atoms with Gasteiger partial charge in [0.1, 0.15) is 0 Å². The third kappa shape index (κ3) is 5.38. The van der Waals surface area contributed by atoms with Gasteiger partial charge in [0.25, 0.3) is 0 Å². The first-order valence-electron chi connectivity index (χ1n) is 6.52. The van der Waals surface area contributed by atoms with Crippen LogP contribution in [-0.4, -0.2) is 32.7 Å². The summed E-state index contributed by atoms with van der Waals surface area (Å²) in [4.78, 5) is 10.7. The van der Waals surface area contributed by atoms with E-state index < -0.39 is 0 Å². The fourth-order valence-corrected chi connectivity index (χ4v) is 2.32. The minimum Gasteiger partial charge on any atom is -0.493 e. The second-order valence-corrected chi connectivity index (χ2v) is 5.06. The first kappa shape index (κ1) is 16.8. The van der Waals surface area contributed by atoms with Crippen molar-refractivity contribution in [3.63, 3.8) is 0 Å². The summed E-state index contributed by atoms with van der Waals surface area (Å²) in [5.74, 6) is 1.41. The lowest BCUT2D eigenvalue weighted by atomic mass is 10.2. The molecular weight excluding hydrogens is 324 g/mol. The molecule has 1 amide bonds. The Kier molecular flexibility index (Phi) is 7.40. The molecule has 0 saturated carbocycles. The van der Waals surface area contributed by atoms with Gasteiger partial charge in [0.2, 0.25) is 5.91 Å². The van der Waals surface area contributed by atoms with E-state index in [9.17, 15) is 4.79 Å². The molecule has 0 aliphatic heterocycles. The molecule has 0 radical (unpaired) electrons. The van der Waals surface area contributed by atoms with Crippen molar-refractivity contribution in [2.75, 3.05) is 26.8 Å². The lowest BCUT2D eigenvalue weighted by molar-refractivity contribution is -0.118. The van der Waals surface area contributed by atoms with Crippen molar-refractivity contribution in [3.05, 3.63) is 22.2 Å². The summed E-state index contributed by atoms with van der Waals surface area (Å²) in [5, 5.41) is 5.99. The van der Waals surface area contributed by atoms with Gasteiger partial charge in [0.05, 0.1) is 18.2 Å². The average molecular weight is 345 g/mol. The van der Waals surface area contributed by atoms with Gasteiger partial charge in [-0.3, -0.25) is 4.79 Å². The van der Waals surface area contributed by atoms with Crippen LogP contribution in [0.4, 0.5) is 0 Å². The zero-order valence-corrected chi connectivity index (χ0v) is 13.7. The average Bonchev–Trinajstić information content (AvgIpc) is 2.40. The SMILES string of the molecule is CCOc1c(Br)cc(CNCCNC(C)=O)cc1OC. The predicted octanol–water partition coefficient (Wildman–Crippen LogP) is 2.08. The second-order valence-electron chi connectivity index (χ2n) is 4.20. The number of ether oxygens (including phenoxy) is 2. The van der Waals surface area contributed by atoms with Crippen LogP contribution in [0.1, 0.15) is 19.4 Å². The Morgan fingerprint density at radius 2 is 2.10 bits per heavy atom. The summed E-state index contributed by atoms with van der Waals surface area (Å²) in [7, 11) is 1.62. The van der Waals surface area contributed by atoms with Crippen molar-refractivity contribution in [3.8, 4) is 11.5 Å². The highest BCUT2D eigenvalue weighted by Crippen LogP contribution is 2.36. The molecule has 5 nitrogen and oxygen atoms in total. The molecule has 0 aliphatic carbocycles. The summed E-state index contributed by atoms with van der Waals surface area (Å²) in [5.41, 5.74) is 1.08. The summed E-state index contributed by atoms with van der Waals surface area (Å²) in [6.45, 7) is 6.05. The number of halogens is 1. The van der Waals surface area contributed by atoms with Crippen LogP contribution in [0.2, 0.25) is 0 Å². The smallest absolute Gasteiger partial charge is 0.216 e. The molecule has 0 spiro atoms. The van der Waals surface area contributed by atoms with E-state index in [1.807, 2.05) is 19.1 Å². The zero-order valence-electron chi connectivity index (χ0n) is 12.1. The molecule has 0 heterocycles. The molecule has 0 fully saturated rings. The zero-order chi connectivity index (χ0) is 15.0. The van der Waals surface area contributed by atoms with E-state index in [1.165, 1.54) is 6.92 Å². The van der Waals surface area contributed by atoms with Gasteiger partial charge in [-0.25, -0.2) is 0 Å². The molecule has 1 aromatic rings. The molecule has 1 rings (SSSR count). The van der Waals surface area contributed by atoms with Crippen molar-refractivity contribution in [1.82, 2.24) is 10.6 Å². The highest BCUT2D eigenvalue weighted by Gasteiger charge is 2.10. The molecule has 0 saturated heterocycles. The minimum absolute atomic E-state index is 0.0164. The van der Waals surface area contributed by atoms with Gasteiger partial charge < -0.3 is 20.1 Å². The number of benzene rings is 1. The maximum atomic E-state index is 10.7. The van der Waals surface area contributed by atoms with Gasteiger partial charge in [-0.05, 0) is 40.5 Å². The summed E-state index contributed by atoms with van der Waals surface area (Å²) >= 11 is 3.49. The number of amides is 1. The van der Waals surface area contributed by atoms with E-state index in [1.54, 1.807) is 7.11 Å². The number of methoxy groups -OCH3 is 1. The lowest BCUT2D eigenvalue weighted by Gasteiger charge is -2.13. The minimum atomic E-state index is -0.0164. The van der Waals surface area contributed by atoms with Gasteiger partial charge in [-0.15, -0.1) is 0 Å². The molecular formula is C14H21BrN2O3. The molecule has 6 heteroatoms. The third-order valence-corrected chi connectivity index (χ3v) is 3.17. The van der Waals surface area contributed by atoms with Crippen LogP contribution in [0.5, 0.6) is 11.5 Å². The Labute approximate surface area is 128 Å². The van der Waals surface area contributed by atoms with Crippen LogP contribution < -0.4 is 20.1 Å². The number of nitrogens with one attached hydrogen (secondary N) is 2. The lowest BCUT2D eigenvalue weighted by Crippen LogP contribution is -2.29. The number of hydrogen-bond acceptors (Lipinski definition) is 4. The van der Waals surface area contributed by atoms with E-state index >= 15 is 0 Å².